The first-order chi connectivity index (χ1) is 6.36. The highest BCUT2D eigenvalue weighted by Crippen LogP contribution is 2.34. The number of hydrogen-bond acceptors (Lipinski definition) is 2. The molecule has 0 atom stereocenters. The van der Waals surface area contributed by atoms with Crippen LogP contribution < -0.4 is 5.73 Å². The van der Waals surface area contributed by atoms with Crippen LogP contribution >= 0.6 is 11.6 Å². The van der Waals surface area contributed by atoms with Gasteiger partial charge in [-0.15, -0.1) is 0 Å². The van der Waals surface area contributed by atoms with E-state index in [0.717, 1.165) is 0 Å². The molecule has 0 aliphatic heterocycles. The van der Waals surface area contributed by atoms with E-state index in [1.54, 1.807) is 0 Å². The lowest BCUT2D eigenvalue weighted by atomic mass is 10.1. The number of aldehydes is 1. The van der Waals surface area contributed by atoms with Crippen LogP contribution in [0.1, 0.15) is 15.9 Å². The van der Waals surface area contributed by atoms with Crippen LogP contribution in [-0.4, -0.2) is 6.29 Å². The van der Waals surface area contributed by atoms with E-state index in [4.69, 9.17) is 17.3 Å². The van der Waals surface area contributed by atoms with Gasteiger partial charge in [0.2, 0.25) is 0 Å². The topological polar surface area (TPSA) is 43.1 Å². The Bertz CT molecular complexity index is 352. The van der Waals surface area contributed by atoms with Crippen molar-refractivity contribution in [2.45, 2.75) is 6.18 Å². The number of alkyl halides is 3. The number of nitrogens with two attached hydrogens (primary N) is 1. The van der Waals surface area contributed by atoms with Crippen LogP contribution in [0.3, 0.4) is 0 Å². The highest BCUT2D eigenvalue weighted by atomic mass is 35.5. The van der Waals surface area contributed by atoms with Crippen LogP contribution in [-0.2, 0) is 6.18 Å². The molecule has 14 heavy (non-hydrogen) atoms. The Morgan fingerprint density at radius 2 is 1.93 bits per heavy atom. The zero-order valence-corrected chi connectivity index (χ0v) is 7.49. The van der Waals surface area contributed by atoms with Crippen LogP contribution in [0.4, 0.5) is 18.9 Å². The van der Waals surface area contributed by atoms with E-state index in [9.17, 15) is 18.0 Å². The minimum absolute atomic E-state index is 0.125. The van der Waals surface area contributed by atoms with Crippen molar-refractivity contribution in [2.24, 2.45) is 0 Å². The van der Waals surface area contributed by atoms with E-state index >= 15 is 0 Å². The largest absolute Gasteiger partial charge is 0.416 e. The number of nitrogen functional groups attached to an aromatic ring is 1. The van der Waals surface area contributed by atoms with Gasteiger partial charge in [-0.1, -0.05) is 11.6 Å². The lowest BCUT2D eigenvalue weighted by molar-refractivity contribution is -0.137. The van der Waals surface area contributed by atoms with Crippen molar-refractivity contribution in [3.8, 4) is 0 Å². The quantitative estimate of drug-likeness (QED) is 0.588. The molecule has 0 aromatic heterocycles. The number of anilines is 1. The van der Waals surface area contributed by atoms with Crippen molar-refractivity contribution in [1.82, 2.24) is 0 Å². The molecule has 0 radical (unpaired) electrons. The van der Waals surface area contributed by atoms with Crippen molar-refractivity contribution >= 4 is 23.6 Å². The molecule has 1 rings (SSSR count). The fourth-order valence-electron chi connectivity index (χ4n) is 0.927. The second-order valence-electron chi connectivity index (χ2n) is 2.58. The number of hydrogen-bond donors (Lipinski definition) is 1. The summed E-state index contributed by atoms with van der Waals surface area (Å²) in [5.41, 5.74) is 3.84. The molecule has 2 nitrogen and oxygen atoms in total. The number of halogens is 4. The summed E-state index contributed by atoms with van der Waals surface area (Å²) in [7, 11) is 0. The highest BCUT2D eigenvalue weighted by Gasteiger charge is 2.31. The zero-order valence-electron chi connectivity index (χ0n) is 6.73. The van der Waals surface area contributed by atoms with E-state index in [2.05, 4.69) is 0 Å². The predicted octanol–water partition coefficient (Wildman–Crippen LogP) is 2.75. The molecule has 0 aliphatic rings. The second kappa shape index (κ2) is 3.49. The molecular formula is C8H5ClF3NO. The molecule has 2 N–H and O–H groups in total. The highest BCUT2D eigenvalue weighted by molar-refractivity contribution is 6.33. The minimum Gasteiger partial charge on any atom is -0.398 e. The number of carbonyl (C=O) groups is 1. The Morgan fingerprint density at radius 1 is 1.36 bits per heavy atom. The molecule has 0 heterocycles. The Kier molecular flexibility index (Phi) is 2.71. The second-order valence-corrected chi connectivity index (χ2v) is 2.98. The summed E-state index contributed by atoms with van der Waals surface area (Å²) in [5.74, 6) is 0. The molecule has 0 saturated heterocycles. The molecule has 0 aliphatic carbocycles. The van der Waals surface area contributed by atoms with Gasteiger partial charge < -0.3 is 5.73 Å². The maximum Gasteiger partial charge on any atom is 0.416 e. The Labute approximate surface area is 82.5 Å². The fraction of sp³-hybridized carbons (Fsp3) is 0.125. The van der Waals surface area contributed by atoms with Gasteiger partial charge in [0.25, 0.3) is 0 Å². The van der Waals surface area contributed by atoms with Crippen LogP contribution in [0.15, 0.2) is 12.1 Å². The maximum atomic E-state index is 12.2. The average molecular weight is 224 g/mol. The first-order valence-corrected chi connectivity index (χ1v) is 3.85. The summed E-state index contributed by atoms with van der Waals surface area (Å²) in [6.07, 6.45) is -4.20. The normalized spacial score (nSPS) is 11.4. The molecule has 0 saturated carbocycles. The molecule has 0 fully saturated rings. The summed E-state index contributed by atoms with van der Waals surface area (Å²) < 4.78 is 36.5. The molecule has 0 spiro atoms. The molecule has 0 unspecified atom stereocenters. The minimum atomic E-state index is -4.51. The van der Waals surface area contributed by atoms with Gasteiger partial charge in [-0.25, -0.2) is 0 Å². The van der Waals surface area contributed by atoms with E-state index in [0.29, 0.717) is 18.4 Å². The third-order valence-corrected chi connectivity index (χ3v) is 1.92. The van der Waals surface area contributed by atoms with Crippen molar-refractivity contribution in [3.63, 3.8) is 0 Å². The van der Waals surface area contributed by atoms with E-state index < -0.39 is 11.7 Å². The first kappa shape index (κ1) is 10.8. The number of rotatable bonds is 1. The summed E-state index contributed by atoms with van der Waals surface area (Å²) in [6, 6.07) is 1.34. The number of carbonyl (C=O) groups excluding carboxylic acids is 1. The summed E-state index contributed by atoms with van der Waals surface area (Å²) >= 11 is 5.43. The molecule has 1 aromatic rings. The summed E-state index contributed by atoms with van der Waals surface area (Å²) in [4.78, 5) is 10.4. The van der Waals surface area contributed by atoms with Crippen LogP contribution in [0.5, 0.6) is 0 Å². The monoisotopic (exact) mass is 223 g/mol. The third-order valence-electron chi connectivity index (χ3n) is 1.61. The smallest absolute Gasteiger partial charge is 0.398 e. The van der Waals surface area contributed by atoms with Gasteiger partial charge in [0.1, 0.15) is 0 Å². The summed E-state index contributed by atoms with van der Waals surface area (Å²) in [6.45, 7) is 0. The first-order valence-electron chi connectivity index (χ1n) is 3.47. The molecule has 0 amide bonds. The molecule has 0 bridgehead atoms. The van der Waals surface area contributed by atoms with Crippen molar-refractivity contribution in [2.75, 3.05) is 5.73 Å². The van der Waals surface area contributed by atoms with Gasteiger partial charge in [0, 0.05) is 5.69 Å². The van der Waals surface area contributed by atoms with Crippen LogP contribution in [0.2, 0.25) is 5.02 Å². The van der Waals surface area contributed by atoms with Gasteiger partial charge in [-0.2, -0.15) is 13.2 Å². The van der Waals surface area contributed by atoms with Crippen molar-refractivity contribution in [3.05, 3.63) is 28.3 Å². The fourth-order valence-corrected chi connectivity index (χ4v) is 1.20. The standard InChI is InChI=1S/C8H5ClF3NO/c9-6-1-4(8(10,11)12)2-7(13)5(6)3-14/h1-3H,13H2. The Morgan fingerprint density at radius 3 is 2.29 bits per heavy atom. The predicted molar refractivity (Wildman–Crippen MR) is 46.3 cm³/mol. The van der Waals surface area contributed by atoms with Crippen LogP contribution in [0.25, 0.3) is 0 Å². The number of benzene rings is 1. The van der Waals surface area contributed by atoms with E-state index in [1.165, 1.54) is 0 Å². The van der Waals surface area contributed by atoms with E-state index in [1.807, 2.05) is 0 Å². The Hall–Kier alpha value is -1.23. The van der Waals surface area contributed by atoms with Gasteiger partial charge >= 0.3 is 6.18 Å². The van der Waals surface area contributed by atoms with Gasteiger partial charge in [0.15, 0.2) is 6.29 Å². The zero-order chi connectivity index (χ0) is 10.9. The lowest BCUT2D eigenvalue weighted by Gasteiger charge is -2.09. The molecular weight excluding hydrogens is 219 g/mol. The molecule has 76 valence electrons. The average Bonchev–Trinajstić information content (AvgIpc) is 2.01. The van der Waals surface area contributed by atoms with Gasteiger partial charge in [-0.3, -0.25) is 4.79 Å². The van der Waals surface area contributed by atoms with Crippen molar-refractivity contribution < 1.29 is 18.0 Å². The van der Waals surface area contributed by atoms with Gasteiger partial charge in [-0.05, 0) is 12.1 Å². The summed E-state index contributed by atoms with van der Waals surface area (Å²) in [5, 5.41) is -0.299. The SMILES string of the molecule is Nc1cc(C(F)(F)F)cc(Cl)c1C=O. The molecule has 6 heteroatoms. The third kappa shape index (κ3) is 1.98. The lowest BCUT2D eigenvalue weighted by Crippen LogP contribution is -2.07. The van der Waals surface area contributed by atoms with Gasteiger partial charge in [0.05, 0.1) is 16.1 Å². The van der Waals surface area contributed by atoms with Crippen molar-refractivity contribution in [1.29, 1.82) is 0 Å². The maximum absolute atomic E-state index is 12.2. The van der Waals surface area contributed by atoms with E-state index in [-0.39, 0.29) is 16.3 Å². The Balaban J connectivity index is 3.35. The molecule has 1 aromatic carbocycles. The van der Waals surface area contributed by atoms with Crippen LogP contribution in [0, 0.1) is 0 Å².